The molecule has 0 bridgehead atoms. The van der Waals surface area contributed by atoms with Crippen molar-refractivity contribution in [2.75, 3.05) is 0 Å². The van der Waals surface area contributed by atoms with Gasteiger partial charge in [0.15, 0.2) is 23.1 Å². The average molecular weight is 2270 g/mol. The molecule has 0 spiro atoms. The van der Waals surface area contributed by atoms with Crippen LogP contribution in [0.4, 0.5) is 0 Å². The number of allylic oxidation sites excluding steroid dienone is 8. The summed E-state index contributed by atoms with van der Waals surface area (Å²) in [5.41, 5.74) is 16.0. The van der Waals surface area contributed by atoms with Crippen LogP contribution in [0.1, 0.15) is 83.1 Å². The van der Waals surface area contributed by atoms with E-state index in [1.807, 2.05) is 205 Å². The minimum Gasteiger partial charge on any atom is -0.512 e. The number of ketones is 4. The summed E-state index contributed by atoms with van der Waals surface area (Å²) in [4.78, 5) is 60.3. The monoisotopic (exact) mass is 2270 g/mol. The van der Waals surface area contributed by atoms with E-state index >= 15 is 0 Å². The number of aromatic nitrogens is 4. The van der Waals surface area contributed by atoms with Crippen LogP contribution < -0.4 is 0 Å². The quantitative estimate of drug-likeness (QED) is 0.0574. The fourth-order valence-corrected chi connectivity index (χ4v) is 10.9. The van der Waals surface area contributed by atoms with E-state index in [1.54, 1.807) is 0 Å². The van der Waals surface area contributed by atoms with Crippen LogP contribution >= 0.6 is 0 Å². The van der Waals surface area contributed by atoms with E-state index in [9.17, 15) is 24.3 Å². The molecule has 16 heteroatoms. The number of carbonyl (C=O) groups is 4. The van der Waals surface area contributed by atoms with Crippen molar-refractivity contribution in [3.05, 3.63) is 375 Å². The summed E-state index contributed by atoms with van der Waals surface area (Å²) in [7, 11) is 0. The number of fused-ring (bicyclic) bond motifs is 5. The summed E-state index contributed by atoms with van der Waals surface area (Å²) in [6.07, 6.45) is 4.83. The van der Waals surface area contributed by atoms with Crippen LogP contribution in [0.3, 0.4) is 0 Å². The Morgan fingerprint density at radius 3 is 0.864 bits per heavy atom. The Kier molecular flexibility index (Phi) is 41.8. The molecule has 0 saturated carbocycles. The number of benzene rings is 11. The van der Waals surface area contributed by atoms with E-state index < -0.39 is 5.41 Å². The van der Waals surface area contributed by atoms with Crippen molar-refractivity contribution in [2.24, 2.45) is 10.8 Å². The van der Waals surface area contributed by atoms with Crippen molar-refractivity contribution in [3.8, 4) is 67.3 Å². The molecular formula is C102H94Ir4N4O8-4. The Morgan fingerprint density at radius 1 is 0.280 bits per heavy atom. The normalized spacial score (nSPS) is 10.9. The third kappa shape index (κ3) is 33.0. The summed E-state index contributed by atoms with van der Waals surface area (Å²) < 4.78 is 0. The first-order chi connectivity index (χ1) is 54.6. The number of carbonyl (C=O) groups excluding carboxylic acids is 4. The zero-order valence-electron chi connectivity index (χ0n) is 67.7. The van der Waals surface area contributed by atoms with Gasteiger partial charge in [0, 0.05) is 116 Å². The van der Waals surface area contributed by atoms with Gasteiger partial charge in [0.25, 0.3) is 0 Å². The van der Waals surface area contributed by atoms with E-state index in [2.05, 4.69) is 169 Å². The molecule has 15 aromatic rings. The van der Waals surface area contributed by atoms with Gasteiger partial charge in [-0.25, -0.2) is 0 Å². The van der Waals surface area contributed by atoms with Gasteiger partial charge in [0.2, 0.25) is 0 Å². The predicted molar refractivity (Wildman–Crippen MR) is 468 cm³/mol. The third-order valence-electron chi connectivity index (χ3n) is 16.7. The minimum atomic E-state index is -0.417. The molecule has 610 valence electrons. The first kappa shape index (κ1) is 99.1. The first-order valence-electron chi connectivity index (χ1n) is 37.1. The Bertz CT molecular complexity index is 5530. The van der Waals surface area contributed by atoms with Crippen LogP contribution in [0.2, 0.25) is 0 Å². The number of nitrogens with zero attached hydrogens (tertiary/aromatic N) is 4. The fraction of sp³-hybridized carbons (Fsp3) is 0.137. The van der Waals surface area contributed by atoms with Crippen LogP contribution in [0, 0.1) is 35.1 Å². The molecule has 12 nitrogen and oxygen atoms in total. The van der Waals surface area contributed by atoms with Gasteiger partial charge in [0.05, 0.1) is 39.3 Å². The fourth-order valence-electron chi connectivity index (χ4n) is 10.9. The van der Waals surface area contributed by atoms with Crippen molar-refractivity contribution < 1.29 is 120 Å². The van der Waals surface area contributed by atoms with Gasteiger partial charge in [-0.05, 0) is 110 Å². The van der Waals surface area contributed by atoms with Crippen molar-refractivity contribution in [2.45, 2.75) is 83.1 Å². The molecule has 0 atom stereocenters. The Labute approximate surface area is 747 Å². The number of para-hydroxylation sites is 4. The van der Waals surface area contributed by atoms with Crippen molar-refractivity contribution in [1.82, 2.24) is 19.9 Å². The summed E-state index contributed by atoms with van der Waals surface area (Å²) in [5.74, 6) is -0.0835. The molecule has 11 aromatic carbocycles. The molecule has 0 aliphatic heterocycles. The largest absolute Gasteiger partial charge is 0.512 e. The molecule has 0 unspecified atom stereocenters. The molecule has 15 rings (SSSR count). The van der Waals surface area contributed by atoms with E-state index in [-0.39, 0.29) is 132 Å². The second-order valence-corrected chi connectivity index (χ2v) is 28.6. The molecule has 0 fully saturated rings. The number of hydrogen-bond donors (Lipinski definition) is 4. The van der Waals surface area contributed by atoms with Crippen LogP contribution in [-0.4, -0.2) is 63.5 Å². The summed E-state index contributed by atoms with van der Waals surface area (Å²) in [6.45, 7) is 19.7. The molecule has 4 radical (unpaired) electrons. The molecule has 0 aliphatic carbocycles. The van der Waals surface area contributed by atoms with Crippen molar-refractivity contribution in [3.63, 3.8) is 0 Å². The Morgan fingerprint density at radius 2 is 0.576 bits per heavy atom. The van der Waals surface area contributed by atoms with Gasteiger partial charge in [-0.3, -0.25) is 39.1 Å². The maximum atomic E-state index is 11.5. The van der Waals surface area contributed by atoms with Gasteiger partial charge in [-0.2, -0.15) is 0 Å². The SMILES string of the molecule is CC(=O)C=C(C)O.CC(=O)C=C(C)O.CC(=O)C=C(C)O.CC(C)(C)C(=O)C=C(O)C(C)(C)C.[Ir].[Ir].[Ir].[Ir].[c-]1cc(-c2ccccc2)ccc1-c1ccc2ccccc2n1.[c-]1cc(-c2ccccc2)ccc1-c1ccc2ccccc2n1.[c-]1cc2ccccc2cc1-c1ccc2ccccc2n1.[c-]1ccccc1-c1ccc2ccccc2n1. The number of pyridine rings is 4. The van der Waals surface area contributed by atoms with Gasteiger partial charge in [-0.15, -0.1) is 125 Å². The topological polar surface area (TPSA) is 201 Å². The summed E-state index contributed by atoms with van der Waals surface area (Å²) in [6, 6.07) is 116. The average Bonchev–Trinajstić information content (AvgIpc) is 0.863. The van der Waals surface area contributed by atoms with E-state index in [0.29, 0.717) is 0 Å². The first-order valence-corrected chi connectivity index (χ1v) is 37.1. The molecule has 4 N–H and O–H groups in total. The smallest absolute Gasteiger partial charge is 0.164 e. The van der Waals surface area contributed by atoms with Crippen LogP contribution in [0.25, 0.3) is 122 Å². The number of aliphatic hydroxyl groups is 4. The minimum absolute atomic E-state index is 0. The van der Waals surface area contributed by atoms with E-state index in [1.165, 1.54) is 104 Å². The standard InChI is InChI=1S/2C21H14N.C19H12N.C15H10N.C11H20O2.3C5H8O2.4Ir/c2*1-2-6-16(7-3-1)17-10-12-19(13-11-17)21-15-14-18-8-4-5-9-20(18)22-21;1-2-7-16-13-17(10-9-14(16)5-1)19-12-11-15-6-3-4-8-18(15)20-19;1-2-6-12(7-3-1)15-11-10-13-8-4-5-9-14(13)16-15;1-10(2,3)8(12)7-9(13)11(4,5)6;3*1-4(6)3-5(2)7;;;;/h2*1-12,14-15H;1-9,11-13H;1-6,8-11H;7,12H,1-6H3;3*3,6H,1-2H3;;;;/q4*-1;;;;;;;;. The van der Waals surface area contributed by atoms with Crippen LogP contribution in [0.15, 0.2) is 351 Å². The van der Waals surface area contributed by atoms with Crippen molar-refractivity contribution in [1.29, 1.82) is 0 Å². The molecule has 0 saturated heterocycles. The van der Waals surface area contributed by atoms with E-state index in [4.69, 9.17) is 30.3 Å². The van der Waals surface area contributed by atoms with Gasteiger partial charge in [-0.1, -0.05) is 275 Å². The van der Waals surface area contributed by atoms with Crippen LogP contribution in [-0.2, 0) is 99.6 Å². The third-order valence-corrected chi connectivity index (χ3v) is 16.7. The zero-order chi connectivity index (χ0) is 82.2. The Balaban J connectivity index is 0.000000292. The molecule has 118 heavy (non-hydrogen) atoms. The maximum Gasteiger partial charge on any atom is 0.164 e. The second kappa shape index (κ2) is 49.7. The second-order valence-electron chi connectivity index (χ2n) is 28.6. The van der Waals surface area contributed by atoms with Crippen molar-refractivity contribution >= 4 is 77.5 Å². The van der Waals surface area contributed by atoms with Crippen LogP contribution in [0.5, 0.6) is 0 Å². The van der Waals surface area contributed by atoms with Gasteiger partial charge in [0.1, 0.15) is 5.76 Å². The van der Waals surface area contributed by atoms with Gasteiger partial charge < -0.3 is 20.4 Å². The zero-order valence-corrected chi connectivity index (χ0v) is 77.3. The number of aliphatic hydroxyl groups excluding tert-OH is 4. The predicted octanol–water partition coefficient (Wildman–Crippen LogP) is 25.5. The summed E-state index contributed by atoms with van der Waals surface area (Å²) in [5, 5.41) is 41.7. The Hall–Kier alpha value is -11.2. The number of hydrogen-bond acceptors (Lipinski definition) is 12. The van der Waals surface area contributed by atoms with Gasteiger partial charge >= 0.3 is 0 Å². The molecule has 0 aliphatic rings. The number of rotatable bonds is 10. The maximum absolute atomic E-state index is 11.5. The molecule has 4 heterocycles. The van der Waals surface area contributed by atoms with E-state index in [0.717, 1.165) is 83.3 Å². The molecule has 0 amide bonds. The molecule has 4 aromatic heterocycles. The molecular weight excluding hydrogens is 2180 g/mol. The summed E-state index contributed by atoms with van der Waals surface area (Å²) >= 11 is 0.